The van der Waals surface area contributed by atoms with E-state index in [9.17, 15) is 17.6 Å². The molecule has 2 nitrogen and oxygen atoms in total. The average Bonchev–Trinajstić information content (AvgIpc) is 2.65. The molecule has 1 aromatic rings. The van der Waals surface area contributed by atoms with Gasteiger partial charge in [0.15, 0.2) is 17.4 Å². The Morgan fingerprint density at radius 2 is 1.41 bits per heavy atom. The summed E-state index contributed by atoms with van der Waals surface area (Å²) in [6.07, 6.45) is 8.82. The van der Waals surface area contributed by atoms with Crippen LogP contribution in [0.15, 0.2) is 12.1 Å². The van der Waals surface area contributed by atoms with Crippen molar-refractivity contribution >= 4 is 0 Å². The van der Waals surface area contributed by atoms with Gasteiger partial charge in [-0.1, -0.05) is 0 Å². The van der Waals surface area contributed by atoms with Crippen molar-refractivity contribution in [2.75, 3.05) is 13.7 Å². The maximum atomic E-state index is 14.0. The van der Waals surface area contributed by atoms with Crippen LogP contribution in [-0.4, -0.2) is 20.3 Å². The van der Waals surface area contributed by atoms with Gasteiger partial charge in [-0.3, -0.25) is 0 Å². The van der Waals surface area contributed by atoms with Gasteiger partial charge in [0.1, 0.15) is 0 Å². The molecule has 0 spiro atoms. The van der Waals surface area contributed by atoms with Crippen LogP contribution in [0.5, 0.6) is 5.75 Å². The van der Waals surface area contributed by atoms with Crippen molar-refractivity contribution in [3.63, 3.8) is 0 Å². The fourth-order valence-corrected chi connectivity index (χ4v) is 5.00. The Morgan fingerprint density at radius 1 is 0.889 bits per heavy atom. The van der Waals surface area contributed by atoms with Crippen LogP contribution in [0.1, 0.15) is 62.8 Å². The van der Waals surface area contributed by atoms with E-state index in [-0.39, 0.29) is 5.92 Å². The molecule has 0 N–H and O–H groups in total. The Kier molecular flexibility index (Phi) is 7.01. The van der Waals surface area contributed by atoms with Gasteiger partial charge in [-0.2, -0.15) is 8.78 Å². The lowest BCUT2D eigenvalue weighted by molar-refractivity contribution is -0.0546. The monoisotopic (exact) mass is 388 g/mol. The highest BCUT2D eigenvalue weighted by Crippen LogP contribution is 2.44. The summed E-state index contributed by atoms with van der Waals surface area (Å²) in [7, 11) is 1.76. The molecule has 152 valence electrons. The highest BCUT2D eigenvalue weighted by Gasteiger charge is 2.32. The van der Waals surface area contributed by atoms with E-state index in [0.29, 0.717) is 17.4 Å². The zero-order valence-corrected chi connectivity index (χ0v) is 15.7. The molecule has 2 aliphatic rings. The van der Waals surface area contributed by atoms with E-state index in [4.69, 9.17) is 4.74 Å². The molecule has 0 aromatic heterocycles. The lowest BCUT2D eigenvalue weighted by Crippen LogP contribution is -2.26. The molecule has 0 saturated heterocycles. The van der Waals surface area contributed by atoms with Gasteiger partial charge in [-0.15, -0.1) is 0 Å². The molecule has 6 heteroatoms. The summed E-state index contributed by atoms with van der Waals surface area (Å²) in [4.78, 5) is 0. The van der Waals surface area contributed by atoms with Crippen molar-refractivity contribution in [2.45, 2.75) is 63.9 Å². The quantitative estimate of drug-likeness (QED) is 0.533. The number of rotatable bonds is 6. The predicted molar refractivity (Wildman–Crippen MR) is 95.0 cm³/mol. The van der Waals surface area contributed by atoms with Crippen LogP contribution < -0.4 is 4.74 Å². The van der Waals surface area contributed by atoms with Gasteiger partial charge >= 0.3 is 6.61 Å². The molecule has 1 aromatic carbocycles. The minimum atomic E-state index is -3.24. The van der Waals surface area contributed by atoms with E-state index >= 15 is 0 Å². The largest absolute Gasteiger partial charge is 0.429 e. The molecule has 2 aliphatic carbocycles. The average molecular weight is 388 g/mol. The van der Waals surface area contributed by atoms with E-state index in [1.165, 1.54) is 25.7 Å². The fourth-order valence-electron chi connectivity index (χ4n) is 5.00. The lowest BCUT2D eigenvalue weighted by Gasteiger charge is -2.38. The summed E-state index contributed by atoms with van der Waals surface area (Å²) in [5, 5.41) is 0. The third-order valence-electron chi connectivity index (χ3n) is 6.43. The third-order valence-corrected chi connectivity index (χ3v) is 6.43. The number of alkyl halides is 2. The van der Waals surface area contributed by atoms with E-state index < -0.39 is 24.0 Å². The van der Waals surface area contributed by atoms with Crippen LogP contribution in [0.25, 0.3) is 0 Å². The van der Waals surface area contributed by atoms with Crippen LogP contribution in [0.4, 0.5) is 17.6 Å². The molecule has 0 heterocycles. The number of hydrogen-bond donors (Lipinski definition) is 0. The summed E-state index contributed by atoms with van der Waals surface area (Å²) >= 11 is 0. The first-order valence-electron chi connectivity index (χ1n) is 9.90. The molecule has 3 rings (SSSR count). The molecule has 0 unspecified atom stereocenters. The van der Waals surface area contributed by atoms with Gasteiger partial charge in [0.25, 0.3) is 0 Å². The minimum absolute atomic E-state index is 0.0793. The number of hydrogen-bond acceptors (Lipinski definition) is 2. The normalized spacial score (nSPS) is 29.1. The summed E-state index contributed by atoms with van der Waals surface area (Å²) < 4.78 is 61.7. The topological polar surface area (TPSA) is 18.5 Å². The van der Waals surface area contributed by atoms with Gasteiger partial charge < -0.3 is 9.47 Å². The number of benzene rings is 1. The molecule has 0 amide bonds. The molecule has 2 saturated carbocycles. The Morgan fingerprint density at radius 3 is 1.89 bits per heavy atom. The van der Waals surface area contributed by atoms with Crippen molar-refractivity contribution in [2.24, 2.45) is 17.8 Å². The zero-order valence-electron chi connectivity index (χ0n) is 15.7. The van der Waals surface area contributed by atoms with E-state index in [1.807, 2.05) is 0 Å². The first kappa shape index (κ1) is 20.4. The molecule has 27 heavy (non-hydrogen) atoms. The Hall–Kier alpha value is -1.30. The smallest absolute Gasteiger partial charge is 0.387 e. The van der Waals surface area contributed by atoms with Gasteiger partial charge in [-0.05, 0) is 92.7 Å². The molecule has 0 bridgehead atoms. The molecule has 0 aliphatic heterocycles. The van der Waals surface area contributed by atoms with Gasteiger partial charge in [0, 0.05) is 13.7 Å². The summed E-state index contributed by atoms with van der Waals surface area (Å²) in [5.74, 6) is -0.906. The summed E-state index contributed by atoms with van der Waals surface area (Å²) in [6.45, 7) is -2.39. The van der Waals surface area contributed by atoms with Crippen molar-refractivity contribution < 1.29 is 27.0 Å². The minimum Gasteiger partial charge on any atom is -0.429 e. The zero-order chi connectivity index (χ0) is 19.4. The first-order chi connectivity index (χ1) is 13.0. The Labute approximate surface area is 158 Å². The van der Waals surface area contributed by atoms with Crippen LogP contribution in [0.2, 0.25) is 0 Å². The molecular formula is C21H28F4O2. The molecule has 0 radical (unpaired) electrons. The predicted octanol–water partition coefficient (Wildman–Crippen LogP) is 6.29. The maximum absolute atomic E-state index is 14.0. The standard InChI is InChI=1S/C21H28F4O2/c1-26-12-13-2-4-14(5-3-13)15-6-8-16(9-7-15)17-10-18(22)20(19(23)11-17)27-21(24)25/h10-11,13-16,21H,2-9,12H2,1H3/t13-,14-,15?,16?. The number of methoxy groups -OCH3 is 1. The van der Waals surface area contributed by atoms with Gasteiger partial charge in [0.2, 0.25) is 0 Å². The fraction of sp³-hybridized carbons (Fsp3) is 0.714. The molecule has 2 fully saturated rings. The highest BCUT2D eigenvalue weighted by molar-refractivity contribution is 5.33. The van der Waals surface area contributed by atoms with Crippen molar-refractivity contribution in [3.8, 4) is 5.75 Å². The van der Waals surface area contributed by atoms with Crippen molar-refractivity contribution in [1.82, 2.24) is 0 Å². The lowest BCUT2D eigenvalue weighted by atomic mass is 9.68. The molecule has 0 atom stereocenters. The molecular weight excluding hydrogens is 360 g/mol. The summed E-state index contributed by atoms with van der Waals surface area (Å²) in [5.41, 5.74) is 0.550. The van der Waals surface area contributed by atoms with Gasteiger partial charge in [-0.25, -0.2) is 8.78 Å². The van der Waals surface area contributed by atoms with Crippen molar-refractivity contribution in [1.29, 1.82) is 0 Å². The van der Waals surface area contributed by atoms with Crippen LogP contribution in [-0.2, 0) is 4.74 Å². The third kappa shape index (κ3) is 5.15. The van der Waals surface area contributed by atoms with E-state index in [2.05, 4.69) is 4.74 Å². The second-order valence-corrected chi connectivity index (χ2v) is 8.04. The number of halogens is 4. The second-order valence-electron chi connectivity index (χ2n) is 8.04. The SMILES string of the molecule is COC[C@H]1CC[C@H](C2CCC(c3cc(F)c(OC(F)F)c(F)c3)CC2)CC1. The second kappa shape index (κ2) is 9.26. The van der Waals surface area contributed by atoms with E-state index in [1.54, 1.807) is 7.11 Å². The highest BCUT2D eigenvalue weighted by atomic mass is 19.3. The van der Waals surface area contributed by atoms with E-state index in [0.717, 1.165) is 50.3 Å². The Balaban J connectivity index is 1.55. The van der Waals surface area contributed by atoms with Crippen molar-refractivity contribution in [3.05, 3.63) is 29.3 Å². The van der Waals surface area contributed by atoms with Gasteiger partial charge in [0.05, 0.1) is 0 Å². The maximum Gasteiger partial charge on any atom is 0.387 e. The first-order valence-corrected chi connectivity index (χ1v) is 9.90. The Bertz CT molecular complexity index is 583. The van der Waals surface area contributed by atoms with Crippen LogP contribution in [0.3, 0.4) is 0 Å². The van der Waals surface area contributed by atoms with Crippen LogP contribution >= 0.6 is 0 Å². The summed E-state index contributed by atoms with van der Waals surface area (Å²) in [6, 6.07) is 2.31. The number of ether oxygens (including phenoxy) is 2. The van der Waals surface area contributed by atoms with Crippen LogP contribution in [0, 0.1) is 29.4 Å².